The number of rotatable bonds is 2. The number of nitrogens with zero attached hydrogens (tertiary/aromatic N) is 2. The summed E-state index contributed by atoms with van der Waals surface area (Å²) >= 11 is 5.84. The lowest BCUT2D eigenvalue weighted by molar-refractivity contribution is 0.929. The van der Waals surface area contributed by atoms with E-state index in [0.29, 0.717) is 11.6 Å². The molecule has 1 aromatic carbocycles. The highest BCUT2D eigenvalue weighted by Gasteiger charge is 2.03. The van der Waals surface area contributed by atoms with Gasteiger partial charge >= 0.3 is 0 Å². The fourth-order valence-electron chi connectivity index (χ4n) is 1.50. The van der Waals surface area contributed by atoms with Crippen molar-refractivity contribution in [1.29, 1.82) is 0 Å². The van der Waals surface area contributed by atoms with Crippen molar-refractivity contribution in [2.24, 2.45) is 5.73 Å². The van der Waals surface area contributed by atoms with Gasteiger partial charge < -0.3 is 5.73 Å². The molecule has 0 bridgehead atoms. The molecule has 0 aliphatic carbocycles. The fraction of sp³-hybridized carbons (Fsp3) is 0.167. The molecule has 3 nitrogen and oxygen atoms in total. The minimum atomic E-state index is 0. The zero-order valence-corrected chi connectivity index (χ0v) is 10.9. The number of benzene rings is 1. The van der Waals surface area contributed by atoms with E-state index in [0.717, 1.165) is 22.8 Å². The van der Waals surface area contributed by atoms with E-state index in [2.05, 4.69) is 9.97 Å². The first-order valence-electron chi connectivity index (χ1n) is 4.99. The molecular formula is C12H13Cl2N3. The largest absolute Gasteiger partial charge is 0.325 e. The summed E-state index contributed by atoms with van der Waals surface area (Å²) in [5.74, 6) is 0.730. The Bertz CT molecular complexity index is 498. The molecule has 0 unspecified atom stereocenters. The zero-order chi connectivity index (χ0) is 11.5. The van der Waals surface area contributed by atoms with Crippen LogP contribution in [0.2, 0.25) is 5.02 Å². The number of aromatic nitrogens is 2. The topological polar surface area (TPSA) is 51.8 Å². The average molecular weight is 270 g/mol. The van der Waals surface area contributed by atoms with Crippen LogP contribution in [0.3, 0.4) is 0 Å². The molecule has 0 saturated heterocycles. The average Bonchev–Trinajstić information content (AvgIpc) is 2.29. The standard InChI is InChI=1S/C12H12ClN3.ClH/c1-8-15-11(7-14)6-12(16-8)9-2-4-10(13)5-3-9;/h2-6H,7,14H2,1H3;1H. The Morgan fingerprint density at radius 2 is 1.82 bits per heavy atom. The van der Waals surface area contributed by atoms with Gasteiger partial charge in [-0.3, -0.25) is 0 Å². The fourth-order valence-corrected chi connectivity index (χ4v) is 1.63. The summed E-state index contributed by atoms with van der Waals surface area (Å²) in [7, 11) is 0. The lowest BCUT2D eigenvalue weighted by atomic mass is 10.1. The number of halogens is 2. The molecule has 17 heavy (non-hydrogen) atoms. The predicted octanol–water partition coefficient (Wildman–Crippen LogP) is 2.99. The Kier molecular flexibility index (Phi) is 4.87. The van der Waals surface area contributed by atoms with Crippen LogP contribution >= 0.6 is 24.0 Å². The van der Waals surface area contributed by atoms with Gasteiger partial charge in [0, 0.05) is 17.1 Å². The molecule has 0 spiro atoms. The predicted molar refractivity (Wildman–Crippen MR) is 72.4 cm³/mol. The Morgan fingerprint density at radius 1 is 1.18 bits per heavy atom. The van der Waals surface area contributed by atoms with Crippen molar-refractivity contribution in [3.05, 3.63) is 46.9 Å². The van der Waals surface area contributed by atoms with Crippen molar-refractivity contribution in [3.63, 3.8) is 0 Å². The highest BCUT2D eigenvalue weighted by molar-refractivity contribution is 6.30. The summed E-state index contributed by atoms with van der Waals surface area (Å²) in [5.41, 5.74) is 8.32. The Hall–Kier alpha value is -1.16. The molecule has 0 saturated carbocycles. The lowest BCUT2D eigenvalue weighted by Gasteiger charge is -2.04. The van der Waals surface area contributed by atoms with Gasteiger partial charge in [0.05, 0.1) is 11.4 Å². The highest BCUT2D eigenvalue weighted by atomic mass is 35.5. The number of hydrogen-bond acceptors (Lipinski definition) is 3. The van der Waals surface area contributed by atoms with Gasteiger partial charge in [-0.05, 0) is 25.1 Å². The van der Waals surface area contributed by atoms with Crippen molar-refractivity contribution in [2.45, 2.75) is 13.5 Å². The summed E-state index contributed by atoms with van der Waals surface area (Å²) < 4.78 is 0. The maximum atomic E-state index is 5.84. The first-order valence-corrected chi connectivity index (χ1v) is 5.37. The van der Waals surface area contributed by atoms with Gasteiger partial charge in [-0.1, -0.05) is 23.7 Å². The summed E-state index contributed by atoms with van der Waals surface area (Å²) in [6.45, 7) is 2.28. The first-order chi connectivity index (χ1) is 7.69. The molecule has 0 aliphatic heterocycles. The van der Waals surface area contributed by atoms with Crippen molar-refractivity contribution >= 4 is 24.0 Å². The van der Waals surface area contributed by atoms with Crippen LogP contribution in [0.5, 0.6) is 0 Å². The molecule has 1 aromatic heterocycles. The van der Waals surface area contributed by atoms with Gasteiger partial charge in [-0.2, -0.15) is 0 Å². The first kappa shape index (κ1) is 13.9. The number of aryl methyl sites for hydroxylation is 1. The van der Waals surface area contributed by atoms with E-state index in [4.69, 9.17) is 17.3 Å². The second-order valence-electron chi connectivity index (χ2n) is 3.50. The molecule has 2 rings (SSSR count). The quantitative estimate of drug-likeness (QED) is 0.912. The second-order valence-corrected chi connectivity index (χ2v) is 3.94. The summed E-state index contributed by atoms with van der Waals surface area (Å²) in [5, 5.41) is 0.716. The van der Waals surface area contributed by atoms with Gasteiger partial charge in [-0.25, -0.2) is 9.97 Å². The highest BCUT2D eigenvalue weighted by Crippen LogP contribution is 2.20. The van der Waals surface area contributed by atoms with E-state index in [1.165, 1.54) is 0 Å². The van der Waals surface area contributed by atoms with Crippen LogP contribution in [-0.4, -0.2) is 9.97 Å². The van der Waals surface area contributed by atoms with Gasteiger partial charge in [0.2, 0.25) is 0 Å². The van der Waals surface area contributed by atoms with E-state index in [9.17, 15) is 0 Å². The van der Waals surface area contributed by atoms with Crippen LogP contribution in [0.1, 0.15) is 11.5 Å². The lowest BCUT2D eigenvalue weighted by Crippen LogP contribution is -2.03. The molecule has 2 aromatic rings. The van der Waals surface area contributed by atoms with E-state index >= 15 is 0 Å². The smallest absolute Gasteiger partial charge is 0.126 e. The molecule has 2 N–H and O–H groups in total. The second kappa shape index (κ2) is 5.96. The Balaban J connectivity index is 0.00000144. The minimum Gasteiger partial charge on any atom is -0.325 e. The van der Waals surface area contributed by atoms with Crippen LogP contribution in [0.25, 0.3) is 11.3 Å². The monoisotopic (exact) mass is 269 g/mol. The third kappa shape index (κ3) is 3.40. The third-order valence-electron chi connectivity index (χ3n) is 2.24. The van der Waals surface area contributed by atoms with Crippen molar-refractivity contribution < 1.29 is 0 Å². The van der Waals surface area contributed by atoms with Crippen molar-refractivity contribution in [3.8, 4) is 11.3 Å². The maximum absolute atomic E-state index is 5.84. The van der Waals surface area contributed by atoms with E-state index < -0.39 is 0 Å². The summed E-state index contributed by atoms with van der Waals surface area (Å²) in [6, 6.07) is 9.46. The normalized spacial score (nSPS) is 9.82. The van der Waals surface area contributed by atoms with E-state index in [1.807, 2.05) is 37.3 Å². The molecule has 0 fully saturated rings. The SMILES string of the molecule is Cc1nc(CN)cc(-c2ccc(Cl)cc2)n1.Cl. The molecule has 1 heterocycles. The molecule has 90 valence electrons. The van der Waals surface area contributed by atoms with Gasteiger partial charge in [0.1, 0.15) is 5.82 Å². The van der Waals surface area contributed by atoms with Crippen LogP contribution in [0.4, 0.5) is 0 Å². The van der Waals surface area contributed by atoms with Crippen LogP contribution in [0.15, 0.2) is 30.3 Å². The Labute approximate surface area is 111 Å². The van der Waals surface area contributed by atoms with Crippen LogP contribution in [0, 0.1) is 6.92 Å². The summed E-state index contributed by atoms with van der Waals surface area (Å²) in [4.78, 5) is 8.61. The Morgan fingerprint density at radius 3 is 2.41 bits per heavy atom. The van der Waals surface area contributed by atoms with Gasteiger partial charge in [-0.15, -0.1) is 12.4 Å². The van der Waals surface area contributed by atoms with Crippen molar-refractivity contribution in [2.75, 3.05) is 0 Å². The minimum absolute atomic E-state index is 0. The van der Waals surface area contributed by atoms with Gasteiger partial charge in [0.25, 0.3) is 0 Å². The zero-order valence-electron chi connectivity index (χ0n) is 9.35. The molecule has 0 atom stereocenters. The van der Waals surface area contributed by atoms with Crippen LogP contribution < -0.4 is 5.73 Å². The van der Waals surface area contributed by atoms with E-state index in [-0.39, 0.29) is 12.4 Å². The molecule has 5 heteroatoms. The van der Waals surface area contributed by atoms with E-state index in [1.54, 1.807) is 0 Å². The molecular weight excluding hydrogens is 257 g/mol. The number of hydrogen-bond donors (Lipinski definition) is 1. The number of nitrogens with two attached hydrogens (primary N) is 1. The van der Waals surface area contributed by atoms with Crippen LogP contribution in [-0.2, 0) is 6.54 Å². The third-order valence-corrected chi connectivity index (χ3v) is 2.49. The van der Waals surface area contributed by atoms with Crippen molar-refractivity contribution in [1.82, 2.24) is 9.97 Å². The van der Waals surface area contributed by atoms with Gasteiger partial charge in [0.15, 0.2) is 0 Å². The molecule has 0 amide bonds. The molecule has 0 aliphatic rings. The molecule has 0 radical (unpaired) electrons. The summed E-state index contributed by atoms with van der Waals surface area (Å²) in [6.07, 6.45) is 0. The maximum Gasteiger partial charge on any atom is 0.126 e.